The summed E-state index contributed by atoms with van der Waals surface area (Å²) in [5, 5.41) is 0. The molecule has 0 aliphatic carbocycles. The fourth-order valence-electron chi connectivity index (χ4n) is 2.29. The Morgan fingerprint density at radius 2 is 1.40 bits per heavy atom. The van der Waals surface area contributed by atoms with E-state index >= 15 is 0 Å². The molecule has 0 aromatic carbocycles. The first-order chi connectivity index (χ1) is 11.9. The molecular weight excluding hydrogens is 338 g/mol. The van der Waals surface area contributed by atoms with Crippen LogP contribution in [0.5, 0.6) is 0 Å². The summed E-state index contributed by atoms with van der Waals surface area (Å²) in [5.41, 5.74) is -2.55. The van der Waals surface area contributed by atoms with Gasteiger partial charge in [0.1, 0.15) is 0 Å². The number of carbonyl (C=O) groups is 2. The quantitative estimate of drug-likeness (QED) is 0.358. The maximum Gasteiger partial charge on any atom is 0.336 e. The van der Waals surface area contributed by atoms with E-state index in [1.54, 1.807) is 0 Å². The van der Waals surface area contributed by atoms with E-state index < -0.39 is 42.0 Å². The molecule has 11 nitrogen and oxygen atoms in total. The first kappa shape index (κ1) is 17.3. The van der Waals surface area contributed by atoms with Crippen LogP contribution in [0.3, 0.4) is 0 Å². The molecule has 0 spiro atoms. The predicted octanol–water partition coefficient (Wildman–Crippen LogP) is -2.90. The van der Waals surface area contributed by atoms with Crippen LogP contribution in [-0.2, 0) is 43.4 Å². The van der Waals surface area contributed by atoms with Gasteiger partial charge in [-0.15, -0.1) is 0 Å². The van der Waals surface area contributed by atoms with Gasteiger partial charge in [0.15, 0.2) is 12.4 Å². The number of ether oxygens (including phenoxy) is 3. The van der Waals surface area contributed by atoms with E-state index in [9.17, 15) is 24.0 Å². The Kier molecular flexibility index (Phi) is 4.68. The Morgan fingerprint density at radius 3 is 1.80 bits per heavy atom. The van der Waals surface area contributed by atoms with Crippen LogP contribution in [0, 0.1) is 0 Å². The monoisotopic (exact) mass is 355 g/mol. The van der Waals surface area contributed by atoms with Crippen molar-refractivity contribution < 1.29 is 23.8 Å². The second-order valence-corrected chi connectivity index (χ2v) is 5.88. The number of carbonyl (C=O) groups excluding carboxylic acids is 2. The molecular formula is C14H17N3O8. The Labute approximate surface area is 140 Å². The van der Waals surface area contributed by atoms with E-state index in [1.165, 1.54) is 0 Å². The van der Waals surface area contributed by atoms with Gasteiger partial charge < -0.3 is 14.2 Å². The number of aromatic nitrogens is 3. The summed E-state index contributed by atoms with van der Waals surface area (Å²) in [4.78, 5) is 60.0. The highest BCUT2D eigenvalue weighted by atomic mass is 16.6. The van der Waals surface area contributed by atoms with Gasteiger partial charge in [0.05, 0.1) is 45.1 Å². The number of hydrogen-bond donors (Lipinski definition) is 0. The molecule has 0 bridgehead atoms. The number of epoxide rings is 2. The molecule has 2 aliphatic rings. The minimum Gasteiger partial charge on any atom is -0.458 e. The van der Waals surface area contributed by atoms with Crippen LogP contribution in [0.15, 0.2) is 14.4 Å². The van der Waals surface area contributed by atoms with Crippen molar-refractivity contribution in [1.29, 1.82) is 0 Å². The molecule has 2 saturated heterocycles. The summed E-state index contributed by atoms with van der Waals surface area (Å²) >= 11 is 0. The van der Waals surface area contributed by atoms with Crippen LogP contribution < -0.4 is 17.1 Å². The molecule has 25 heavy (non-hydrogen) atoms. The summed E-state index contributed by atoms with van der Waals surface area (Å²) in [6.45, 7) is 0.825. The van der Waals surface area contributed by atoms with Crippen LogP contribution in [0.4, 0.5) is 0 Å². The molecule has 0 amide bonds. The standard InChI is InChI=1S/C14H17N3O8/c1-8(18)23-5-9(19)2-15-12(20)16(3-10-6-24-10)14(22)17(13(15)21)4-11-7-25-11/h10-11H,2-7H2,1H3. The number of Topliss-reactive ketones (excluding diaryl/α,β-unsaturated/α-hetero) is 1. The van der Waals surface area contributed by atoms with Gasteiger partial charge in [0, 0.05) is 6.92 Å². The second-order valence-electron chi connectivity index (χ2n) is 5.88. The van der Waals surface area contributed by atoms with Crippen molar-refractivity contribution in [3.8, 4) is 0 Å². The molecule has 2 aliphatic heterocycles. The second kappa shape index (κ2) is 6.76. The van der Waals surface area contributed by atoms with Crippen LogP contribution >= 0.6 is 0 Å². The number of hydrogen-bond acceptors (Lipinski definition) is 8. The average molecular weight is 355 g/mol. The molecule has 136 valence electrons. The maximum absolute atomic E-state index is 12.5. The first-order valence-electron chi connectivity index (χ1n) is 7.69. The van der Waals surface area contributed by atoms with Crippen molar-refractivity contribution in [2.75, 3.05) is 19.8 Å². The highest BCUT2D eigenvalue weighted by Gasteiger charge is 2.29. The van der Waals surface area contributed by atoms with Gasteiger partial charge >= 0.3 is 23.0 Å². The van der Waals surface area contributed by atoms with E-state index in [0.717, 1.165) is 16.1 Å². The van der Waals surface area contributed by atoms with E-state index in [0.29, 0.717) is 17.8 Å². The molecule has 1 aromatic rings. The summed E-state index contributed by atoms with van der Waals surface area (Å²) in [5.74, 6) is -1.30. The Balaban J connectivity index is 1.95. The zero-order chi connectivity index (χ0) is 18.1. The molecule has 1 aromatic heterocycles. The largest absolute Gasteiger partial charge is 0.458 e. The summed E-state index contributed by atoms with van der Waals surface area (Å²) in [6.07, 6.45) is -0.530. The van der Waals surface area contributed by atoms with E-state index in [1.807, 2.05) is 0 Å². The molecule has 0 radical (unpaired) electrons. The molecule has 3 rings (SSSR count). The summed E-state index contributed by atoms with van der Waals surface area (Å²) in [6, 6.07) is 0. The Morgan fingerprint density at radius 1 is 0.960 bits per heavy atom. The van der Waals surface area contributed by atoms with Gasteiger partial charge in [-0.2, -0.15) is 0 Å². The SMILES string of the molecule is CC(=O)OCC(=O)Cn1c(=O)n(CC2CO2)c(=O)n(CC2CO2)c1=O. The smallest absolute Gasteiger partial charge is 0.336 e. The third kappa shape index (κ3) is 4.12. The van der Waals surface area contributed by atoms with E-state index in [4.69, 9.17) is 9.47 Å². The third-order valence-electron chi connectivity index (χ3n) is 3.73. The lowest BCUT2D eigenvalue weighted by molar-refractivity contribution is -0.145. The van der Waals surface area contributed by atoms with Gasteiger partial charge in [-0.3, -0.25) is 9.59 Å². The molecule has 11 heteroatoms. The Hall–Kier alpha value is -2.53. The van der Waals surface area contributed by atoms with Crippen LogP contribution in [0.25, 0.3) is 0 Å². The molecule has 3 heterocycles. The van der Waals surface area contributed by atoms with Gasteiger partial charge in [-0.05, 0) is 0 Å². The third-order valence-corrected chi connectivity index (χ3v) is 3.73. The average Bonchev–Trinajstić information content (AvgIpc) is 3.45. The molecule has 2 fully saturated rings. The fraction of sp³-hybridized carbons (Fsp3) is 0.643. The molecule has 2 atom stereocenters. The zero-order valence-corrected chi connectivity index (χ0v) is 13.5. The first-order valence-corrected chi connectivity index (χ1v) is 7.69. The topological polar surface area (TPSA) is 134 Å². The van der Waals surface area contributed by atoms with E-state index in [2.05, 4.69) is 4.74 Å². The lowest BCUT2D eigenvalue weighted by Gasteiger charge is -2.12. The predicted molar refractivity (Wildman–Crippen MR) is 80.3 cm³/mol. The van der Waals surface area contributed by atoms with Crippen molar-refractivity contribution in [2.24, 2.45) is 0 Å². The van der Waals surface area contributed by atoms with Crippen LogP contribution in [-0.4, -0.2) is 57.5 Å². The van der Waals surface area contributed by atoms with Gasteiger partial charge in [0.2, 0.25) is 0 Å². The zero-order valence-electron chi connectivity index (χ0n) is 13.5. The van der Waals surface area contributed by atoms with Crippen LogP contribution in [0.2, 0.25) is 0 Å². The number of nitrogens with zero attached hydrogens (tertiary/aromatic N) is 3. The van der Waals surface area contributed by atoms with Crippen LogP contribution in [0.1, 0.15) is 6.92 Å². The minimum atomic E-state index is -0.894. The molecule has 0 N–H and O–H groups in total. The maximum atomic E-state index is 12.5. The van der Waals surface area contributed by atoms with Crippen molar-refractivity contribution in [3.05, 3.63) is 31.5 Å². The van der Waals surface area contributed by atoms with Crippen molar-refractivity contribution in [2.45, 2.75) is 38.8 Å². The van der Waals surface area contributed by atoms with E-state index in [-0.39, 0.29) is 25.3 Å². The summed E-state index contributed by atoms with van der Waals surface area (Å²) < 4.78 is 17.0. The lowest BCUT2D eigenvalue weighted by Crippen LogP contribution is -2.56. The van der Waals surface area contributed by atoms with Crippen molar-refractivity contribution in [3.63, 3.8) is 0 Å². The Bertz CT molecular complexity index is 819. The fourth-order valence-corrected chi connectivity index (χ4v) is 2.29. The molecule has 0 saturated carbocycles. The van der Waals surface area contributed by atoms with Crippen molar-refractivity contribution >= 4 is 11.8 Å². The molecule has 2 unspecified atom stereocenters. The number of esters is 1. The normalized spacial score (nSPS) is 21.0. The van der Waals surface area contributed by atoms with Gasteiger partial charge in [-0.25, -0.2) is 28.1 Å². The highest BCUT2D eigenvalue weighted by Crippen LogP contribution is 2.10. The van der Waals surface area contributed by atoms with Crippen molar-refractivity contribution in [1.82, 2.24) is 13.7 Å². The van der Waals surface area contributed by atoms with Gasteiger partial charge in [0.25, 0.3) is 0 Å². The highest BCUT2D eigenvalue weighted by molar-refractivity contribution is 5.81. The number of rotatable bonds is 8. The van der Waals surface area contributed by atoms with Gasteiger partial charge in [-0.1, -0.05) is 0 Å². The lowest BCUT2D eigenvalue weighted by atomic mass is 10.4. The summed E-state index contributed by atoms with van der Waals surface area (Å²) in [7, 11) is 0. The number of ketones is 1. The minimum absolute atomic E-state index is 0.00159.